The van der Waals surface area contributed by atoms with Crippen LogP contribution < -0.4 is 16.1 Å². The number of nitrogens with one attached hydrogen (secondary N) is 3. The molecule has 0 spiro atoms. The lowest BCUT2D eigenvalue weighted by atomic mass is 9.84. The van der Waals surface area contributed by atoms with Gasteiger partial charge in [-0.2, -0.15) is 13.2 Å². The highest BCUT2D eigenvalue weighted by atomic mass is 19.4. The third kappa shape index (κ3) is 11.3. The molecule has 2 aliphatic heterocycles. The number of rotatable bonds is 17. The number of hydrogen-bond donors (Lipinski definition) is 4. The van der Waals surface area contributed by atoms with Gasteiger partial charge in [-0.05, 0) is 90.3 Å². The van der Waals surface area contributed by atoms with Gasteiger partial charge in [0, 0.05) is 94.5 Å². The minimum atomic E-state index is -4.60. The lowest BCUT2D eigenvalue weighted by Crippen LogP contribution is -2.60. The number of likely N-dealkylation sites (N-methyl/N-ethyl adjacent to an activating group) is 1. The number of carbonyl (C=O) groups excluding carboxylic acids is 4. The van der Waals surface area contributed by atoms with Crippen LogP contribution in [0.5, 0.6) is 5.75 Å². The Balaban J connectivity index is 1.38. The molecule has 0 radical (unpaired) electrons. The number of phenolic OH excluding ortho intramolecular Hbond substituents is 1. The van der Waals surface area contributed by atoms with Gasteiger partial charge in [-0.1, -0.05) is 39.8 Å². The second kappa shape index (κ2) is 21.0. The van der Waals surface area contributed by atoms with Gasteiger partial charge in [0.15, 0.2) is 0 Å². The van der Waals surface area contributed by atoms with E-state index in [0.29, 0.717) is 43.8 Å². The Kier molecular flexibility index (Phi) is 15.9. The first-order valence-electron chi connectivity index (χ1n) is 22.7. The molecular weight excluding hydrogens is 856 g/mol. The maximum atomic E-state index is 14.3. The molecule has 0 unspecified atom stereocenters. The van der Waals surface area contributed by atoms with Crippen LogP contribution in [0.4, 0.5) is 13.2 Å². The fourth-order valence-corrected chi connectivity index (χ4v) is 9.49. The minimum absolute atomic E-state index is 0.0488. The standard InChI is InChI=1S/C49H64F3N7O7/c1-9-58-42-13-12-32(22-36(42)37(23-48(5,6)28-66-30(4)60)44(58)38-24-53-16-14-33(38)27-65-8)34-18-31(19-35(61)21-34)20-41(47(64)59-17-11-10-15-55-59)56-45(62)43(29(2)3)57(7)46(63)39-25-54-26-40(39)49(50,51)52/h12-14,16,18-19,21-22,24,29,39-41,43,54-55,61H,9-11,15,17,20,23,25-28H2,1-8H3,(H,56,62)/t39-,40+,41+,43+/m1/s1. The molecule has 2 saturated heterocycles. The molecule has 14 nitrogen and oxygen atoms in total. The largest absolute Gasteiger partial charge is 0.508 e. The van der Waals surface area contributed by atoms with Gasteiger partial charge in [0.25, 0.3) is 5.91 Å². The van der Waals surface area contributed by atoms with E-state index in [9.17, 15) is 37.5 Å². The summed E-state index contributed by atoms with van der Waals surface area (Å²) in [4.78, 5) is 59.8. The van der Waals surface area contributed by atoms with E-state index in [4.69, 9.17) is 9.47 Å². The molecule has 2 aliphatic rings. The van der Waals surface area contributed by atoms with Crippen LogP contribution in [0, 0.1) is 23.2 Å². The summed E-state index contributed by atoms with van der Waals surface area (Å²) >= 11 is 0. The van der Waals surface area contributed by atoms with Gasteiger partial charge in [-0.3, -0.25) is 29.2 Å². The molecule has 6 rings (SSSR count). The van der Waals surface area contributed by atoms with Gasteiger partial charge in [0.2, 0.25) is 11.8 Å². The number of aryl methyl sites for hydroxylation is 1. The fourth-order valence-electron chi connectivity index (χ4n) is 9.49. The van der Waals surface area contributed by atoms with Crippen LogP contribution in [0.15, 0.2) is 54.9 Å². The maximum absolute atomic E-state index is 14.3. The third-order valence-corrected chi connectivity index (χ3v) is 12.6. The smallest absolute Gasteiger partial charge is 0.393 e. The van der Waals surface area contributed by atoms with Crippen molar-refractivity contribution in [2.24, 2.45) is 23.2 Å². The Hall–Kier alpha value is -5.52. The van der Waals surface area contributed by atoms with Crippen molar-refractivity contribution in [3.8, 4) is 28.1 Å². The number of alkyl halides is 3. The number of phenols is 1. The molecule has 4 atom stereocenters. The molecule has 4 aromatic rings. The summed E-state index contributed by atoms with van der Waals surface area (Å²) in [5.41, 5.74) is 9.39. The normalized spacial score (nSPS) is 17.8. The van der Waals surface area contributed by atoms with Gasteiger partial charge >= 0.3 is 12.1 Å². The lowest BCUT2D eigenvalue weighted by molar-refractivity contribution is -0.185. The number of fused-ring (bicyclic) bond motifs is 1. The molecule has 358 valence electrons. The summed E-state index contributed by atoms with van der Waals surface area (Å²) in [7, 11) is 2.98. The zero-order valence-corrected chi connectivity index (χ0v) is 39.2. The Morgan fingerprint density at radius 1 is 1.05 bits per heavy atom. The fraction of sp³-hybridized carbons (Fsp3) is 0.531. The Labute approximate surface area is 384 Å². The predicted molar refractivity (Wildman–Crippen MR) is 245 cm³/mol. The van der Waals surface area contributed by atoms with Gasteiger partial charge < -0.3 is 34.7 Å². The number of benzene rings is 2. The van der Waals surface area contributed by atoms with E-state index in [-0.39, 0.29) is 31.3 Å². The minimum Gasteiger partial charge on any atom is -0.508 e. The van der Waals surface area contributed by atoms with Crippen molar-refractivity contribution in [1.82, 2.24) is 35.5 Å². The summed E-state index contributed by atoms with van der Waals surface area (Å²) < 4.78 is 55.1. The number of ether oxygens (including phenoxy) is 2. The molecule has 2 aromatic heterocycles. The molecule has 3 amide bonds. The lowest BCUT2D eigenvalue weighted by Gasteiger charge is -2.35. The molecule has 2 fully saturated rings. The van der Waals surface area contributed by atoms with E-state index >= 15 is 0 Å². The van der Waals surface area contributed by atoms with Crippen LogP contribution >= 0.6 is 0 Å². The first-order chi connectivity index (χ1) is 31.2. The Morgan fingerprint density at radius 2 is 1.80 bits per heavy atom. The van der Waals surface area contributed by atoms with E-state index in [0.717, 1.165) is 56.6 Å². The zero-order valence-electron chi connectivity index (χ0n) is 39.2. The first kappa shape index (κ1) is 49.9. The molecule has 17 heteroatoms. The summed E-state index contributed by atoms with van der Waals surface area (Å²) in [6, 6.07) is 10.7. The quantitative estimate of drug-likeness (QED) is 0.0870. The average molecular weight is 920 g/mol. The number of pyridine rings is 1. The second-order valence-electron chi connectivity index (χ2n) is 18.7. The van der Waals surface area contributed by atoms with Crippen LogP contribution in [-0.4, -0.2) is 113 Å². The van der Waals surface area contributed by atoms with Crippen LogP contribution in [-0.2, 0) is 54.6 Å². The van der Waals surface area contributed by atoms with Crippen molar-refractivity contribution in [2.75, 3.05) is 46.9 Å². The van der Waals surface area contributed by atoms with Crippen molar-refractivity contribution < 1.29 is 46.9 Å². The van der Waals surface area contributed by atoms with E-state index < -0.39 is 65.7 Å². The van der Waals surface area contributed by atoms with E-state index in [1.165, 1.54) is 25.0 Å². The highest BCUT2D eigenvalue weighted by Gasteiger charge is 2.51. The van der Waals surface area contributed by atoms with Gasteiger partial charge in [0.1, 0.15) is 17.8 Å². The van der Waals surface area contributed by atoms with Crippen LogP contribution in [0.1, 0.15) is 71.1 Å². The van der Waals surface area contributed by atoms with Crippen molar-refractivity contribution in [1.29, 1.82) is 0 Å². The molecule has 0 bridgehead atoms. The molecule has 4 N–H and O–H groups in total. The molecule has 2 aromatic carbocycles. The van der Waals surface area contributed by atoms with E-state index in [2.05, 4.69) is 38.6 Å². The van der Waals surface area contributed by atoms with Crippen molar-refractivity contribution in [3.63, 3.8) is 0 Å². The molecule has 4 heterocycles. The van der Waals surface area contributed by atoms with E-state index in [1.807, 2.05) is 44.3 Å². The molecular formula is C49H64F3N7O7. The maximum Gasteiger partial charge on any atom is 0.393 e. The number of halogens is 3. The number of amides is 3. The zero-order chi connectivity index (χ0) is 48.1. The number of nitrogens with zero attached hydrogens (tertiary/aromatic N) is 4. The van der Waals surface area contributed by atoms with Crippen molar-refractivity contribution in [3.05, 3.63) is 71.5 Å². The molecule has 0 aliphatic carbocycles. The van der Waals surface area contributed by atoms with Crippen LogP contribution in [0.2, 0.25) is 0 Å². The number of carbonyl (C=O) groups is 4. The number of aromatic nitrogens is 2. The van der Waals surface area contributed by atoms with Gasteiger partial charge in [-0.25, -0.2) is 5.43 Å². The summed E-state index contributed by atoms with van der Waals surface area (Å²) in [6.45, 7) is 12.5. The number of aromatic hydroxyl groups is 1. The topological polar surface area (TPSA) is 167 Å². The Bertz CT molecular complexity index is 2390. The van der Waals surface area contributed by atoms with Gasteiger partial charge in [-0.15, -0.1) is 0 Å². The number of esters is 1. The van der Waals surface area contributed by atoms with Crippen LogP contribution in [0.3, 0.4) is 0 Å². The molecule has 66 heavy (non-hydrogen) atoms. The summed E-state index contributed by atoms with van der Waals surface area (Å²) in [5.74, 6) is -6.16. The second-order valence-corrected chi connectivity index (χ2v) is 18.7. The highest BCUT2D eigenvalue weighted by Crippen LogP contribution is 2.42. The Morgan fingerprint density at radius 3 is 2.45 bits per heavy atom. The number of hydrogen-bond acceptors (Lipinski definition) is 10. The van der Waals surface area contributed by atoms with Crippen molar-refractivity contribution in [2.45, 2.75) is 98.6 Å². The number of hydrazine groups is 1. The molecule has 0 saturated carbocycles. The monoisotopic (exact) mass is 919 g/mol. The average Bonchev–Trinajstić information content (AvgIpc) is 3.89. The van der Waals surface area contributed by atoms with Crippen LogP contribution in [0.25, 0.3) is 33.3 Å². The number of methoxy groups -OCH3 is 1. The van der Waals surface area contributed by atoms with Crippen molar-refractivity contribution >= 4 is 34.6 Å². The van der Waals surface area contributed by atoms with Gasteiger partial charge in [0.05, 0.1) is 30.7 Å². The summed E-state index contributed by atoms with van der Waals surface area (Å²) in [6.07, 6.45) is 1.04. The predicted octanol–water partition coefficient (Wildman–Crippen LogP) is 6.41. The SMILES string of the molecule is CCn1c(-c2cnccc2COC)c(CC(C)(C)COC(C)=O)c2cc(-c3cc(O)cc(C[C@H](NC(=O)[C@H](C(C)C)N(C)C(=O)[C@@H]4CNC[C@@H]4C(F)(F)F)C(=O)N4CCCCN4)c3)ccc21. The van der Waals surface area contributed by atoms with E-state index in [1.54, 1.807) is 33.2 Å². The first-order valence-corrected chi connectivity index (χ1v) is 22.7. The summed E-state index contributed by atoms with van der Waals surface area (Å²) in [5, 5.41) is 19.2. The third-order valence-electron chi connectivity index (χ3n) is 12.6. The highest BCUT2D eigenvalue weighted by molar-refractivity contribution is 5.96.